The van der Waals surface area contributed by atoms with E-state index in [-0.39, 0.29) is 18.7 Å². The number of nitrogens with zero attached hydrogens (tertiary/aromatic N) is 3. The lowest BCUT2D eigenvalue weighted by Gasteiger charge is -2.30. The van der Waals surface area contributed by atoms with E-state index in [0.717, 1.165) is 13.0 Å². The van der Waals surface area contributed by atoms with Gasteiger partial charge in [-0.15, -0.1) is 5.10 Å². The Morgan fingerprint density at radius 2 is 2.25 bits per heavy atom. The van der Waals surface area contributed by atoms with Crippen LogP contribution in [0.15, 0.2) is 10.2 Å². The quantitative estimate of drug-likeness (QED) is 0.263. The van der Waals surface area contributed by atoms with E-state index in [1.54, 1.807) is 0 Å². The lowest BCUT2D eigenvalue weighted by molar-refractivity contribution is -0.150. The van der Waals surface area contributed by atoms with Gasteiger partial charge in [0, 0.05) is 19.9 Å². The summed E-state index contributed by atoms with van der Waals surface area (Å²) in [5.41, 5.74) is 0. The van der Waals surface area contributed by atoms with Crippen LogP contribution in [0.4, 0.5) is 13.2 Å². The molecule has 0 bridgehead atoms. The predicted octanol–water partition coefficient (Wildman–Crippen LogP) is 1.19. The zero-order chi connectivity index (χ0) is 15.0. The van der Waals surface area contributed by atoms with E-state index in [0.29, 0.717) is 6.67 Å². The largest absolute Gasteiger partial charge is 0.451 e. The van der Waals surface area contributed by atoms with E-state index < -0.39 is 19.2 Å². The topological polar surface area (TPSA) is 58.5 Å². The van der Waals surface area contributed by atoms with Gasteiger partial charge in [0.15, 0.2) is 6.79 Å². The molecule has 20 heavy (non-hydrogen) atoms. The molecule has 1 unspecified atom stereocenters. The molecule has 0 aromatic carbocycles. The zero-order valence-corrected chi connectivity index (χ0v) is 11.3. The van der Waals surface area contributed by atoms with Crippen LogP contribution >= 0.6 is 0 Å². The van der Waals surface area contributed by atoms with Gasteiger partial charge < -0.3 is 9.47 Å². The fourth-order valence-electron chi connectivity index (χ4n) is 1.63. The van der Waals surface area contributed by atoms with E-state index in [2.05, 4.69) is 27.1 Å². The van der Waals surface area contributed by atoms with Crippen molar-refractivity contribution in [3.63, 3.8) is 0 Å². The van der Waals surface area contributed by atoms with Gasteiger partial charge in [-0.2, -0.15) is 18.3 Å². The average Bonchev–Trinajstić information content (AvgIpc) is 2.37. The van der Waals surface area contributed by atoms with Gasteiger partial charge in [-0.1, -0.05) is 0 Å². The Bertz CT molecular complexity index is 328. The van der Waals surface area contributed by atoms with Gasteiger partial charge >= 0.3 is 6.18 Å². The standard InChI is InChI=1S/C11H19F3N4O2/c1-15-17-10(9-3-5-18(2)7-16-9)20-8-19-6-4-11(12,13)14/h9,16H,1,3-8H2,2H3/b17-10-. The summed E-state index contributed by atoms with van der Waals surface area (Å²) in [4.78, 5) is 2.08. The summed E-state index contributed by atoms with van der Waals surface area (Å²) in [7, 11) is 1.97. The smallest absolute Gasteiger partial charge is 0.391 e. The first-order chi connectivity index (χ1) is 9.42. The van der Waals surface area contributed by atoms with Crippen molar-refractivity contribution in [1.29, 1.82) is 0 Å². The molecule has 1 heterocycles. The number of rotatable bonds is 6. The van der Waals surface area contributed by atoms with Crippen molar-refractivity contribution < 1.29 is 22.6 Å². The second-order valence-corrected chi connectivity index (χ2v) is 4.40. The summed E-state index contributed by atoms with van der Waals surface area (Å²) in [5.74, 6) is 0.278. The predicted molar refractivity (Wildman–Crippen MR) is 68.6 cm³/mol. The molecule has 9 heteroatoms. The summed E-state index contributed by atoms with van der Waals surface area (Å²) in [5, 5.41) is 10.3. The highest BCUT2D eigenvalue weighted by atomic mass is 19.4. The molecule has 6 nitrogen and oxygen atoms in total. The second kappa shape index (κ2) is 8.18. The Morgan fingerprint density at radius 3 is 2.80 bits per heavy atom. The minimum absolute atomic E-state index is 0.136. The van der Waals surface area contributed by atoms with Crippen molar-refractivity contribution >= 4 is 12.6 Å². The molecule has 0 radical (unpaired) electrons. The monoisotopic (exact) mass is 296 g/mol. The molecular weight excluding hydrogens is 277 g/mol. The maximum Gasteiger partial charge on any atom is 0.391 e. The summed E-state index contributed by atoms with van der Waals surface area (Å²) < 4.78 is 45.7. The molecule has 0 aromatic rings. The summed E-state index contributed by atoms with van der Waals surface area (Å²) in [6.07, 6.45) is -4.47. The van der Waals surface area contributed by atoms with Crippen LogP contribution in [0.5, 0.6) is 0 Å². The first-order valence-corrected chi connectivity index (χ1v) is 6.15. The van der Waals surface area contributed by atoms with Crippen molar-refractivity contribution in [3.05, 3.63) is 0 Å². The van der Waals surface area contributed by atoms with Crippen molar-refractivity contribution in [2.45, 2.75) is 25.1 Å². The van der Waals surface area contributed by atoms with Gasteiger partial charge in [0.2, 0.25) is 5.90 Å². The number of hydrogen-bond donors (Lipinski definition) is 1. The van der Waals surface area contributed by atoms with Crippen molar-refractivity contribution in [1.82, 2.24) is 10.2 Å². The van der Waals surface area contributed by atoms with Gasteiger partial charge in [0.05, 0.1) is 19.1 Å². The second-order valence-electron chi connectivity index (χ2n) is 4.40. The van der Waals surface area contributed by atoms with Crippen LogP contribution in [0.3, 0.4) is 0 Å². The number of nitrogens with one attached hydrogen (secondary N) is 1. The highest BCUT2D eigenvalue weighted by molar-refractivity contribution is 5.81. The lowest BCUT2D eigenvalue weighted by Crippen LogP contribution is -2.50. The molecule has 0 saturated carbocycles. The van der Waals surface area contributed by atoms with Crippen LogP contribution in [-0.4, -0.2) is 63.4 Å². The van der Waals surface area contributed by atoms with Gasteiger partial charge in [0.1, 0.15) is 0 Å². The maximum atomic E-state index is 11.9. The number of halogens is 3. The van der Waals surface area contributed by atoms with E-state index in [9.17, 15) is 13.2 Å². The molecular formula is C11H19F3N4O2. The summed E-state index contributed by atoms with van der Waals surface area (Å²) in [6.45, 7) is 4.02. The molecule has 0 aliphatic carbocycles. The van der Waals surface area contributed by atoms with Gasteiger partial charge in [-0.05, 0) is 13.5 Å². The minimum Gasteiger partial charge on any atom is -0.451 e. The number of ether oxygens (including phenoxy) is 2. The molecule has 1 N–H and O–H groups in total. The van der Waals surface area contributed by atoms with Crippen LogP contribution in [-0.2, 0) is 9.47 Å². The Hall–Kier alpha value is -1.19. The normalized spacial score (nSPS) is 21.8. The molecule has 1 aliphatic rings. The highest BCUT2D eigenvalue weighted by Gasteiger charge is 2.27. The maximum absolute atomic E-state index is 11.9. The van der Waals surface area contributed by atoms with E-state index in [1.807, 2.05) is 7.05 Å². The SMILES string of the molecule is C=N/N=C(\OCOCCC(F)(F)F)C1CCN(C)CN1. The Morgan fingerprint density at radius 1 is 1.50 bits per heavy atom. The minimum atomic E-state index is -4.23. The average molecular weight is 296 g/mol. The molecule has 1 atom stereocenters. The van der Waals surface area contributed by atoms with E-state index in [4.69, 9.17) is 9.47 Å². The third-order valence-electron chi connectivity index (χ3n) is 2.69. The molecule has 1 fully saturated rings. The molecule has 116 valence electrons. The van der Waals surface area contributed by atoms with Crippen LogP contribution in [0.2, 0.25) is 0 Å². The van der Waals surface area contributed by atoms with E-state index >= 15 is 0 Å². The Labute approximate surface area is 115 Å². The Kier molecular flexibility index (Phi) is 6.89. The van der Waals surface area contributed by atoms with Crippen LogP contribution < -0.4 is 5.32 Å². The fourth-order valence-corrected chi connectivity index (χ4v) is 1.63. The summed E-state index contributed by atoms with van der Waals surface area (Å²) >= 11 is 0. The molecule has 1 rings (SSSR count). The van der Waals surface area contributed by atoms with Crippen LogP contribution in [0.25, 0.3) is 0 Å². The van der Waals surface area contributed by atoms with E-state index in [1.165, 1.54) is 0 Å². The third kappa shape index (κ3) is 6.83. The van der Waals surface area contributed by atoms with Crippen molar-refractivity contribution in [2.75, 3.05) is 33.7 Å². The first kappa shape index (κ1) is 16.9. The Balaban J connectivity index is 2.30. The molecule has 0 amide bonds. The van der Waals surface area contributed by atoms with Crippen molar-refractivity contribution in [2.24, 2.45) is 10.2 Å². The number of hydrogen-bond acceptors (Lipinski definition) is 6. The zero-order valence-electron chi connectivity index (χ0n) is 11.3. The highest BCUT2D eigenvalue weighted by Crippen LogP contribution is 2.18. The van der Waals surface area contributed by atoms with Gasteiger partial charge in [-0.25, -0.2) is 0 Å². The first-order valence-electron chi connectivity index (χ1n) is 6.15. The number of alkyl halides is 3. The molecule has 1 aliphatic heterocycles. The fraction of sp³-hybridized carbons (Fsp3) is 0.818. The van der Waals surface area contributed by atoms with Crippen molar-refractivity contribution in [3.8, 4) is 0 Å². The molecule has 0 spiro atoms. The lowest BCUT2D eigenvalue weighted by atomic mass is 10.1. The van der Waals surface area contributed by atoms with Crippen LogP contribution in [0, 0.1) is 0 Å². The van der Waals surface area contributed by atoms with Gasteiger partial charge in [0.25, 0.3) is 0 Å². The van der Waals surface area contributed by atoms with Crippen LogP contribution in [0.1, 0.15) is 12.8 Å². The molecule has 0 aromatic heterocycles. The van der Waals surface area contributed by atoms with Gasteiger partial charge in [-0.3, -0.25) is 10.2 Å². The summed E-state index contributed by atoms with van der Waals surface area (Å²) in [6, 6.07) is -0.136. The third-order valence-corrected chi connectivity index (χ3v) is 2.69. The molecule has 1 saturated heterocycles.